The molecular formula is C23H32FN5O2. The molecule has 3 atom stereocenters. The first-order valence-corrected chi connectivity index (χ1v) is 11.1. The molecule has 1 amide bonds. The van der Waals surface area contributed by atoms with E-state index in [1.165, 1.54) is 12.1 Å². The monoisotopic (exact) mass is 429 g/mol. The number of carbonyl (C=O) groups excluding carboxylic acids is 1. The molecular weight excluding hydrogens is 397 g/mol. The van der Waals surface area contributed by atoms with Gasteiger partial charge in [-0.3, -0.25) is 10.00 Å². The molecule has 1 N–H and O–H groups in total. The molecule has 2 fully saturated rings. The molecule has 0 bridgehead atoms. The molecule has 1 aliphatic heterocycles. The molecule has 8 heteroatoms. The molecule has 2 unspecified atom stereocenters. The van der Waals surface area contributed by atoms with Gasteiger partial charge in [-0.05, 0) is 65.2 Å². The van der Waals surface area contributed by atoms with Gasteiger partial charge in [-0.15, -0.1) is 0 Å². The minimum absolute atomic E-state index is 0.0432. The van der Waals surface area contributed by atoms with Gasteiger partial charge in [0.1, 0.15) is 17.2 Å². The number of amides is 1. The standard InChI is InChI=1S/C23H32FN5O2/c1-14-13-29(22(30)31-23(3,4)5)15(2)12-28(14)19(16-8-10-18(24)11-9-16)21-25-20(26-27-21)17-6-7-17/h8-11,14-15,17,19H,6-7,12-13H2,1-5H3,(H,25,26,27)/t14?,15-,19?/m0/s1. The van der Waals surface area contributed by atoms with Gasteiger partial charge in [0.05, 0.1) is 6.04 Å². The van der Waals surface area contributed by atoms with Crippen LogP contribution in [-0.4, -0.2) is 61.8 Å². The Hall–Kier alpha value is -2.48. The molecule has 0 spiro atoms. The second-order valence-electron chi connectivity index (χ2n) is 9.83. The lowest BCUT2D eigenvalue weighted by Gasteiger charge is -2.46. The largest absolute Gasteiger partial charge is 0.444 e. The average molecular weight is 430 g/mol. The molecule has 1 aromatic heterocycles. The lowest BCUT2D eigenvalue weighted by molar-refractivity contribution is -0.0170. The Morgan fingerprint density at radius 2 is 1.84 bits per heavy atom. The molecule has 1 saturated carbocycles. The van der Waals surface area contributed by atoms with Gasteiger partial charge in [0, 0.05) is 31.1 Å². The van der Waals surface area contributed by atoms with Crippen LogP contribution in [0, 0.1) is 5.82 Å². The van der Waals surface area contributed by atoms with E-state index in [9.17, 15) is 9.18 Å². The highest BCUT2D eigenvalue weighted by atomic mass is 19.1. The summed E-state index contributed by atoms with van der Waals surface area (Å²) in [6, 6.07) is 6.32. The van der Waals surface area contributed by atoms with E-state index in [0.717, 1.165) is 24.2 Å². The van der Waals surface area contributed by atoms with Crippen molar-refractivity contribution in [2.75, 3.05) is 13.1 Å². The minimum Gasteiger partial charge on any atom is -0.444 e. The van der Waals surface area contributed by atoms with Gasteiger partial charge in [-0.25, -0.2) is 14.2 Å². The van der Waals surface area contributed by atoms with Crippen molar-refractivity contribution in [2.24, 2.45) is 0 Å². The van der Waals surface area contributed by atoms with E-state index in [2.05, 4.69) is 22.0 Å². The van der Waals surface area contributed by atoms with Gasteiger partial charge in [-0.1, -0.05) is 12.1 Å². The van der Waals surface area contributed by atoms with Crippen LogP contribution in [0.25, 0.3) is 0 Å². The smallest absolute Gasteiger partial charge is 0.410 e. The van der Waals surface area contributed by atoms with Crippen LogP contribution >= 0.6 is 0 Å². The summed E-state index contributed by atoms with van der Waals surface area (Å²) in [4.78, 5) is 21.6. The van der Waals surface area contributed by atoms with Gasteiger partial charge < -0.3 is 9.64 Å². The summed E-state index contributed by atoms with van der Waals surface area (Å²) in [6.07, 6.45) is 1.98. The Morgan fingerprint density at radius 3 is 2.45 bits per heavy atom. The van der Waals surface area contributed by atoms with E-state index in [1.54, 1.807) is 17.0 Å². The number of hydrogen-bond acceptors (Lipinski definition) is 5. The van der Waals surface area contributed by atoms with Crippen LogP contribution in [0.2, 0.25) is 0 Å². The number of hydrogen-bond donors (Lipinski definition) is 1. The Kier molecular flexibility index (Phi) is 5.77. The highest BCUT2D eigenvalue weighted by Crippen LogP contribution is 2.39. The molecule has 31 heavy (non-hydrogen) atoms. The third-order valence-electron chi connectivity index (χ3n) is 5.91. The predicted octanol–water partition coefficient (Wildman–Crippen LogP) is 4.24. The Morgan fingerprint density at radius 1 is 1.16 bits per heavy atom. The van der Waals surface area contributed by atoms with Crippen LogP contribution < -0.4 is 0 Å². The number of benzene rings is 1. The van der Waals surface area contributed by atoms with Crippen molar-refractivity contribution in [3.05, 3.63) is 47.3 Å². The second kappa shape index (κ2) is 8.22. The zero-order valence-corrected chi connectivity index (χ0v) is 18.9. The maximum Gasteiger partial charge on any atom is 0.410 e. The fraction of sp³-hybridized carbons (Fsp3) is 0.609. The molecule has 0 radical (unpaired) electrons. The van der Waals surface area contributed by atoms with Gasteiger partial charge >= 0.3 is 6.09 Å². The normalized spacial score (nSPS) is 23.6. The van der Waals surface area contributed by atoms with Crippen LogP contribution in [0.5, 0.6) is 0 Å². The molecule has 4 rings (SSSR count). The molecule has 168 valence electrons. The van der Waals surface area contributed by atoms with Crippen LogP contribution in [0.1, 0.15) is 76.6 Å². The van der Waals surface area contributed by atoms with Crippen molar-refractivity contribution in [3.63, 3.8) is 0 Å². The van der Waals surface area contributed by atoms with Crippen molar-refractivity contribution in [1.82, 2.24) is 25.0 Å². The lowest BCUT2D eigenvalue weighted by atomic mass is 9.99. The zero-order valence-electron chi connectivity index (χ0n) is 18.9. The molecule has 2 aromatic rings. The first kappa shape index (κ1) is 21.7. The number of nitrogens with zero attached hydrogens (tertiary/aromatic N) is 4. The summed E-state index contributed by atoms with van der Waals surface area (Å²) in [5.74, 6) is 1.82. The number of ether oxygens (including phenoxy) is 1. The van der Waals surface area contributed by atoms with Crippen LogP contribution in [0.4, 0.5) is 9.18 Å². The second-order valence-corrected chi connectivity index (χ2v) is 9.83. The van der Waals surface area contributed by atoms with Crippen molar-refractivity contribution in [3.8, 4) is 0 Å². The van der Waals surface area contributed by atoms with Gasteiger partial charge in [0.15, 0.2) is 5.82 Å². The fourth-order valence-electron chi connectivity index (χ4n) is 4.17. The molecule has 1 saturated heterocycles. The van der Waals surface area contributed by atoms with E-state index >= 15 is 0 Å². The number of aromatic amines is 1. The van der Waals surface area contributed by atoms with Gasteiger partial charge in [-0.2, -0.15) is 5.10 Å². The maximum atomic E-state index is 13.6. The Labute approximate surface area is 183 Å². The molecule has 2 heterocycles. The summed E-state index contributed by atoms with van der Waals surface area (Å²) in [6.45, 7) is 10.9. The Bertz CT molecular complexity index is 919. The summed E-state index contributed by atoms with van der Waals surface area (Å²) in [7, 11) is 0. The van der Waals surface area contributed by atoms with Crippen molar-refractivity contribution in [1.29, 1.82) is 0 Å². The summed E-state index contributed by atoms with van der Waals surface area (Å²) in [5.41, 5.74) is 0.402. The quantitative estimate of drug-likeness (QED) is 0.787. The third-order valence-corrected chi connectivity index (χ3v) is 5.91. The number of rotatable bonds is 4. The SMILES string of the molecule is CC1CN(C(=O)OC(C)(C)C)[C@@H](C)CN1C(c1ccc(F)cc1)c1n[nH]c(C2CC2)n1. The molecule has 2 aliphatic rings. The van der Waals surface area contributed by atoms with Crippen molar-refractivity contribution < 1.29 is 13.9 Å². The van der Waals surface area contributed by atoms with Gasteiger partial charge in [0.2, 0.25) is 0 Å². The van der Waals surface area contributed by atoms with Crippen LogP contribution in [-0.2, 0) is 4.74 Å². The van der Waals surface area contributed by atoms with Crippen molar-refractivity contribution in [2.45, 2.75) is 77.1 Å². The van der Waals surface area contributed by atoms with Crippen LogP contribution in [0.3, 0.4) is 0 Å². The zero-order chi connectivity index (χ0) is 22.3. The maximum absolute atomic E-state index is 13.6. The first-order chi connectivity index (χ1) is 14.6. The number of nitrogens with one attached hydrogen (secondary N) is 1. The highest BCUT2D eigenvalue weighted by Gasteiger charge is 2.40. The van der Waals surface area contributed by atoms with Crippen molar-refractivity contribution >= 4 is 6.09 Å². The fourth-order valence-corrected chi connectivity index (χ4v) is 4.17. The van der Waals surface area contributed by atoms with Gasteiger partial charge in [0.25, 0.3) is 0 Å². The summed E-state index contributed by atoms with van der Waals surface area (Å²) in [5, 5.41) is 7.64. The number of aromatic nitrogens is 3. The van der Waals surface area contributed by atoms with Crippen LogP contribution in [0.15, 0.2) is 24.3 Å². The molecule has 7 nitrogen and oxygen atoms in total. The minimum atomic E-state index is -0.536. The number of halogens is 1. The summed E-state index contributed by atoms with van der Waals surface area (Å²) >= 11 is 0. The molecule has 1 aromatic carbocycles. The lowest BCUT2D eigenvalue weighted by Crippen LogP contribution is -2.59. The Balaban J connectivity index is 1.60. The average Bonchev–Trinajstić information content (AvgIpc) is 3.43. The highest BCUT2D eigenvalue weighted by molar-refractivity contribution is 5.68. The number of carbonyl (C=O) groups is 1. The number of H-pyrrole nitrogens is 1. The van der Waals surface area contributed by atoms with E-state index < -0.39 is 5.60 Å². The predicted molar refractivity (Wildman–Crippen MR) is 115 cm³/mol. The first-order valence-electron chi connectivity index (χ1n) is 11.1. The third kappa shape index (κ3) is 4.89. The van der Waals surface area contributed by atoms with E-state index in [0.29, 0.717) is 24.8 Å². The van der Waals surface area contributed by atoms with E-state index in [1.807, 2.05) is 27.7 Å². The van der Waals surface area contributed by atoms with E-state index in [4.69, 9.17) is 9.72 Å². The molecule has 1 aliphatic carbocycles. The van der Waals surface area contributed by atoms with E-state index in [-0.39, 0.29) is 30.0 Å². The topological polar surface area (TPSA) is 74.3 Å². The number of piperazine rings is 1. The summed E-state index contributed by atoms with van der Waals surface area (Å²) < 4.78 is 19.2.